The average Bonchev–Trinajstić information content (AvgIpc) is 3.20. The molecule has 0 fully saturated rings. The molecular weight excluding hydrogens is 422 g/mol. The van der Waals surface area contributed by atoms with E-state index in [1.54, 1.807) is 17.7 Å². The summed E-state index contributed by atoms with van der Waals surface area (Å²) < 4.78 is 1.26. The molecule has 0 aliphatic rings. The Morgan fingerprint density at radius 3 is 2.45 bits per heavy atom. The molecule has 0 aliphatic heterocycles. The molecular formula is C29H29N3S. The summed E-state index contributed by atoms with van der Waals surface area (Å²) in [4.78, 5) is 14.0. The number of thiophene rings is 1. The summed E-state index contributed by atoms with van der Waals surface area (Å²) in [6.45, 7) is 11.3. The SMILES string of the molecule is CC(C)Cc1cc2scc(-c3cc(-c4cc(C(C)(C)C)c5ccccc5c4)ncn3)c2cn1. The van der Waals surface area contributed by atoms with Gasteiger partial charge in [0.25, 0.3) is 0 Å². The summed E-state index contributed by atoms with van der Waals surface area (Å²) in [5.41, 5.74) is 6.65. The Labute approximate surface area is 199 Å². The van der Waals surface area contributed by atoms with Crippen LogP contribution in [-0.4, -0.2) is 15.0 Å². The van der Waals surface area contributed by atoms with Crippen LogP contribution in [0.15, 0.2) is 66.4 Å². The second-order valence-electron chi connectivity index (χ2n) is 10.2. The highest BCUT2D eigenvalue weighted by atomic mass is 32.1. The van der Waals surface area contributed by atoms with Gasteiger partial charge in [0.15, 0.2) is 0 Å². The van der Waals surface area contributed by atoms with Crippen molar-refractivity contribution in [3.63, 3.8) is 0 Å². The van der Waals surface area contributed by atoms with E-state index in [1.807, 2.05) is 6.20 Å². The molecule has 0 spiro atoms. The van der Waals surface area contributed by atoms with E-state index < -0.39 is 0 Å². The fraction of sp³-hybridized carbons (Fsp3) is 0.276. The Balaban J connectivity index is 1.60. The maximum Gasteiger partial charge on any atom is 0.116 e. The first-order valence-corrected chi connectivity index (χ1v) is 12.4. The van der Waals surface area contributed by atoms with Gasteiger partial charge in [-0.1, -0.05) is 58.9 Å². The van der Waals surface area contributed by atoms with Gasteiger partial charge in [-0.3, -0.25) is 4.98 Å². The Bertz CT molecular complexity index is 1460. The minimum Gasteiger partial charge on any atom is -0.261 e. The average molecular weight is 452 g/mol. The number of hydrogen-bond acceptors (Lipinski definition) is 4. The first kappa shape index (κ1) is 21.7. The lowest BCUT2D eigenvalue weighted by Gasteiger charge is -2.22. The van der Waals surface area contributed by atoms with E-state index in [9.17, 15) is 0 Å². The van der Waals surface area contributed by atoms with E-state index >= 15 is 0 Å². The predicted molar refractivity (Wildman–Crippen MR) is 141 cm³/mol. The van der Waals surface area contributed by atoms with Gasteiger partial charge in [-0.25, -0.2) is 9.97 Å². The van der Waals surface area contributed by atoms with Gasteiger partial charge in [-0.05, 0) is 58.4 Å². The second-order valence-corrected chi connectivity index (χ2v) is 11.1. The van der Waals surface area contributed by atoms with Gasteiger partial charge < -0.3 is 0 Å². The Hall–Kier alpha value is -3.11. The van der Waals surface area contributed by atoms with E-state index in [2.05, 4.69) is 98.5 Å². The quantitative estimate of drug-likeness (QED) is 0.277. The zero-order valence-corrected chi connectivity index (χ0v) is 20.7. The van der Waals surface area contributed by atoms with Crippen molar-refractivity contribution in [2.24, 2.45) is 5.92 Å². The lowest BCUT2D eigenvalue weighted by molar-refractivity contribution is 0.596. The molecule has 0 N–H and O–H groups in total. The van der Waals surface area contributed by atoms with Crippen LogP contribution in [0.25, 0.3) is 43.4 Å². The molecule has 3 nitrogen and oxygen atoms in total. The van der Waals surface area contributed by atoms with Crippen LogP contribution in [0.3, 0.4) is 0 Å². The molecule has 0 unspecified atom stereocenters. The highest BCUT2D eigenvalue weighted by Crippen LogP contribution is 2.37. The summed E-state index contributed by atoms with van der Waals surface area (Å²) >= 11 is 1.76. The summed E-state index contributed by atoms with van der Waals surface area (Å²) in [5.74, 6) is 0.596. The van der Waals surface area contributed by atoms with E-state index in [1.165, 1.54) is 21.0 Å². The van der Waals surface area contributed by atoms with E-state index in [0.29, 0.717) is 5.92 Å². The molecule has 0 aliphatic carbocycles. The third-order valence-corrected chi connectivity index (χ3v) is 6.99. The summed E-state index contributed by atoms with van der Waals surface area (Å²) in [5, 5.41) is 5.89. The van der Waals surface area contributed by atoms with Crippen LogP contribution in [0.4, 0.5) is 0 Å². The molecule has 0 bridgehead atoms. The fourth-order valence-electron chi connectivity index (χ4n) is 4.43. The van der Waals surface area contributed by atoms with Gasteiger partial charge >= 0.3 is 0 Å². The fourth-order valence-corrected chi connectivity index (χ4v) is 5.42. The van der Waals surface area contributed by atoms with Crippen molar-refractivity contribution in [3.05, 3.63) is 77.7 Å². The third-order valence-electron chi connectivity index (χ3n) is 6.04. The highest BCUT2D eigenvalue weighted by Gasteiger charge is 2.19. The molecule has 0 amide bonds. The number of rotatable bonds is 4. The molecule has 4 heteroatoms. The van der Waals surface area contributed by atoms with Gasteiger partial charge in [0, 0.05) is 38.5 Å². The van der Waals surface area contributed by atoms with Crippen molar-refractivity contribution >= 4 is 32.2 Å². The molecule has 0 saturated heterocycles. The van der Waals surface area contributed by atoms with Crippen LogP contribution in [0.2, 0.25) is 0 Å². The van der Waals surface area contributed by atoms with Gasteiger partial charge in [0.1, 0.15) is 6.33 Å². The van der Waals surface area contributed by atoms with Crippen molar-refractivity contribution in [1.82, 2.24) is 15.0 Å². The number of hydrogen-bond donors (Lipinski definition) is 0. The number of pyridine rings is 1. The summed E-state index contributed by atoms with van der Waals surface area (Å²) in [7, 11) is 0. The minimum absolute atomic E-state index is 0.0361. The molecule has 3 aromatic heterocycles. The number of fused-ring (bicyclic) bond motifs is 2. The van der Waals surface area contributed by atoms with Gasteiger partial charge in [0.2, 0.25) is 0 Å². The van der Waals surface area contributed by atoms with Gasteiger partial charge in [-0.15, -0.1) is 11.3 Å². The summed E-state index contributed by atoms with van der Waals surface area (Å²) in [6.07, 6.45) is 4.69. The molecule has 5 aromatic rings. The molecule has 3 heterocycles. The van der Waals surface area contributed by atoms with E-state index in [0.717, 1.165) is 40.0 Å². The minimum atomic E-state index is 0.0361. The molecule has 0 radical (unpaired) electrons. The Morgan fingerprint density at radius 1 is 0.879 bits per heavy atom. The van der Waals surface area contributed by atoms with Crippen LogP contribution in [-0.2, 0) is 11.8 Å². The van der Waals surface area contributed by atoms with Crippen molar-refractivity contribution < 1.29 is 0 Å². The zero-order valence-electron chi connectivity index (χ0n) is 19.9. The molecule has 33 heavy (non-hydrogen) atoms. The normalized spacial score (nSPS) is 12.2. The van der Waals surface area contributed by atoms with Crippen LogP contribution < -0.4 is 0 Å². The maximum absolute atomic E-state index is 4.72. The maximum atomic E-state index is 4.72. The third kappa shape index (κ3) is 4.28. The lowest BCUT2D eigenvalue weighted by atomic mass is 9.82. The van der Waals surface area contributed by atoms with E-state index in [-0.39, 0.29) is 5.41 Å². The molecule has 5 rings (SSSR count). The zero-order chi connectivity index (χ0) is 23.2. The van der Waals surface area contributed by atoms with Crippen LogP contribution in [0.5, 0.6) is 0 Å². The Kier molecular flexibility index (Phi) is 5.49. The number of benzene rings is 2. The van der Waals surface area contributed by atoms with Crippen molar-refractivity contribution in [2.45, 2.75) is 46.5 Å². The Morgan fingerprint density at radius 2 is 1.67 bits per heavy atom. The molecule has 2 aromatic carbocycles. The molecule has 166 valence electrons. The predicted octanol–water partition coefficient (Wildman–Crippen LogP) is 8.07. The largest absolute Gasteiger partial charge is 0.261 e. The first-order chi connectivity index (χ1) is 15.8. The van der Waals surface area contributed by atoms with Crippen molar-refractivity contribution in [2.75, 3.05) is 0 Å². The number of aromatic nitrogens is 3. The van der Waals surface area contributed by atoms with Crippen LogP contribution in [0.1, 0.15) is 45.9 Å². The summed E-state index contributed by atoms with van der Waals surface area (Å²) in [6, 6.07) is 17.5. The monoisotopic (exact) mass is 451 g/mol. The molecule has 0 atom stereocenters. The van der Waals surface area contributed by atoms with Crippen LogP contribution >= 0.6 is 11.3 Å². The second kappa shape index (κ2) is 8.35. The van der Waals surface area contributed by atoms with Crippen LogP contribution in [0, 0.1) is 5.92 Å². The van der Waals surface area contributed by atoms with E-state index in [4.69, 9.17) is 4.98 Å². The smallest absolute Gasteiger partial charge is 0.116 e. The topological polar surface area (TPSA) is 38.7 Å². The number of nitrogens with zero attached hydrogens (tertiary/aromatic N) is 3. The highest BCUT2D eigenvalue weighted by molar-refractivity contribution is 7.17. The first-order valence-electron chi connectivity index (χ1n) is 11.5. The van der Waals surface area contributed by atoms with Gasteiger partial charge in [0.05, 0.1) is 11.4 Å². The standard InChI is InChI=1S/C29H29N3S/c1-18(2)10-21-13-28-23(15-30-21)24(16-33-28)27-14-26(31-17-32-27)20-11-19-8-6-7-9-22(19)25(12-20)29(3,4)5/h6-9,11-18H,10H2,1-5H3. The van der Waals surface area contributed by atoms with Gasteiger partial charge in [-0.2, -0.15) is 0 Å². The van der Waals surface area contributed by atoms with Crippen molar-refractivity contribution in [1.29, 1.82) is 0 Å². The molecule has 0 saturated carbocycles. The lowest BCUT2D eigenvalue weighted by Crippen LogP contribution is -2.12. The van der Waals surface area contributed by atoms with Crippen molar-refractivity contribution in [3.8, 4) is 22.5 Å².